The van der Waals surface area contributed by atoms with Crippen LogP contribution in [-0.2, 0) is 0 Å². The van der Waals surface area contributed by atoms with Crippen LogP contribution in [0.4, 0.5) is 5.69 Å². The number of anilines is 1. The van der Waals surface area contributed by atoms with E-state index in [1.807, 2.05) is 54.6 Å². The maximum absolute atomic E-state index is 13.1. The molecule has 0 unspecified atom stereocenters. The van der Waals surface area contributed by atoms with Gasteiger partial charge in [0.05, 0.1) is 25.4 Å². The number of amides is 1. The van der Waals surface area contributed by atoms with E-state index in [1.165, 1.54) is 0 Å². The number of rotatable bonds is 5. The minimum atomic E-state index is -0.424. The van der Waals surface area contributed by atoms with Gasteiger partial charge in [-0.2, -0.15) is 0 Å². The van der Waals surface area contributed by atoms with Crippen molar-refractivity contribution in [3.63, 3.8) is 0 Å². The van der Waals surface area contributed by atoms with Crippen LogP contribution < -0.4 is 25.6 Å². The average Bonchev–Trinajstić information content (AvgIpc) is 3.30. The second-order valence-corrected chi connectivity index (χ2v) is 8.36. The molecule has 0 aliphatic carbocycles. The zero-order chi connectivity index (χ0) is 25.1. The molecule has 2 heterocycles. The predicted octanol–water partition coefficient (Wildman–Crippen LogP) is 5.03. The van der Waals surface area contributed by atoms with Gasteiger partial charge in [-0.05, 0) is 24.4 Å². The number of H-pyrrole nitrogens is 1. The van der Waals surface area contributed by atoms with Gasteiger partial charge in [-0.1, -0.05) is 48.5 Å². The third-order valence-electron chi connectivity index (χ3n) is 5.68. The largest absolute Gasteiger partial charge is 0.497 e. The number of aromatic nitrogens is 2. The molecule has 2 aromatic heterocycles. The minimum Gasteiger partial charge on any atom is -0.497 e. The molecule has 5 rings (SSSR count). The number of hydrazine groups is 1. The first kappa shape index (κ1) is 23.1. The molecule has 36 heavy (non-hydrogen) atoms. The Hall–Kier alpha value is -4.63. The van der Waals surface area contributed by atoms with Crippen molar-refractivity contribution in [3.05, 3.63) is 84.6 Å². The predicted molar refractivity (Wildman–Crippen MR) is 145 cm³/mol. The molecule has 1 amide bonds. The summed E-state index contributed by atoms with van der Waals surface area (Å²) in [6.07, 6.45) is 0. The molecule has 0 aliphatic rings. The second-order valence-electron chi connectivity index (χ2n) is 7.95. The molecule has 5 aromatic rings. The van der Waals surface area contributed by atoms with Crippen LogP contribution in [0.2, 0.25) is 0 Å². The smallest absolute Gasteiger partial charge is 0.288 e. The summed E-state index contributed by atoms with van der Waals surface area (Å²) in [7, 11) is 3.13. The van der Waals surface area contributed by atoms with E-state index in [0.29, 0.717) is 22.9 Å². The third kappa shape index (κ3) is 4.64. The van der Waals surface area contributed by atoms with Crippen molar-refractivity contribution in [3.8, 4) is 22.8 Å². The van der Waals surface area contributed by atoms with Crippen molar-refractivity contribution in [2.24, 2.45) is 0 Å². The lowest BCUT2D eigenvalue weighted by molar-refractivity contribution is 0.0939. The first-order valence-corrected chi connectivity index (χ1v) is 11.5. The minimum absolute atomic E-state index is 0.190. The van der Waals surface area contributed by atoms with Gasteiger partial charge in [0.2, 0.25) is 0 Å². The topological polar surface area (TPSA) is 100 Å². The molecule has 0 atom stereocenters. The highest BCUT2D eigenvalue weighted by Gasteiger charge is 2.17. The molecule has 4 N–H and O–H groups in total. The standard InChI is InChI=1S/C27H23N5O3S/c1-34-18-12-17(13-19(14-18)35-2)28-27(36)32-31-26(33)23-15-21-20-10-6-7-11-22(20)29-25(21)24(30-23)16-8-4-3-5-9-16/h3-15,29H,1-2H3,(H,31,33)(H2,28,32,36). The first-order chi connectivity index (χ1) is 17.6. The third-order valence-corrected chi connectivity index (χ3v) is 5.88. The number of nitrogens with one attached hydrogen (secondary N) is 4. The van der Waals surface area contributed by atoms with Crippen molar-refractivity contribution in [1.82, 2.24) is 20.8 Å². The zero-order valence-corrected chi connectivity index (χ0v) is 20.4. The van der Waals surface area contributed by atoms with E-state index in [2.05, 4.69) is 21.2 Å². The Balaban J connectivity index is 1.41. The zero-order valence-electron chi connectivity index (χ0n) is 19.6. The van der Waals surface area contributed by atoms with Crippen molar-refractivity contribution in [2.45, 2.75) is 0 Å². The van der Waals surface area contributed by atoms with Gasteiger partial charge in [0.25, 0.3) is 5.91 Å². The molecule has 8 nitrogen and oxygen atoms in total. The summed E-state index contributed by atoms with van der Waals surface area (Å²) in [5.41, 5.74) is 9.70. The van der Waals surface area contributed by atoms with E-state index in [9.17, 15) is 4.79 Å². The Labute approximate surface area is 212 Å². The summed E-state index contributed by atoms with van der Waals surface area (Å²) >= 11 is 5.35. The van der Waals surface area contributed by atoms with Gasteiger partial charge in [-0.25, -0.2) is 4.98 Å². The molecule has 9 heteroatoms. The lowest BCUT2D eigenvalue weighted by Crippen LogP contribution is -2.44. The number of fused-ring (bicyclic) bond motifs is 3. The number of thiocarbonyl (C=S) groups is 1. The van der Waals surface area contributed by atoms with Crippen molar-refractivity contribution < 1.29 is 14.3 Å². The van der Waals surface area contributed by atoms with Crippen LogP contribution in [0.1, 0.15) is 10.5 Å². The fourth-order valence-electron chi connectivity index (χ4n) is 3.99. The van der Waals surface area contributed by atoms with Crippen LogP contribution in [0, 0.1) is 0 Å². The highest BCUT2D eigenvalue weighted by molar-refractivity contribution is 7.80. The second kappa shape index (κ2) is 9.93. The van der Waals surface area contributed by atoms with E-state index in [1.54, 1.807) is 38.5 Å². The van der Waals surface area contributed by atoms with E-state index in [0.717, 1.165) is 27.4 Å². The Morgan fingerprint density at radius 3 is 2.28 bits per heavy atom. The highest BCUT2D eigenvalue weighted by Crippen LogP contribution is 2.32. The van der Waals surface area contributed by atoms with Gasteiger partial charge in [-0.15, -0.1) is 0 Å². The normalized spacial score (nSPS) is 10.7. The molecule has 180 valence electrons. The number of pyridine rings is 1. The maximum atomic E-state index is 13.1. The molecular weight excluding hydrogens is 474 g/mol. The van der Waals surface area contributed by atoms with Gasteiger partial charge in [0.1, 0.15) is 17.2 Å². The summed E-state index contributed by atoms with van der Waals surface area (Å²) in [6, 6.07) is 24.8. The summed E-state index contributed by atoms with van der Waals surface area (Å²) < 4.78 is 10.6. The summed E-state index contributed by atoms with van der Waals surface area (Å²) in [5.74, 6) is 0.786. The van der Waals surface area contributed by atoms with E-state index < -0.39 is 5.91 Å². The van der Waals surface area contributed by atoms with Gasteiger partial charge in [0.15, 0.2) is 5.11 Å². The number of para-hydroxylation sites is 1. The van der Waals surface area contributed by atoms with Crippen molar-refractivity contribution >= 4 is 50.7 Å². The van der Waals surface area contributed by atoms with Gasteiger partial charge in [-0.3, -0.25) is 15.6 Å². The summed E-state index contributed by atoms with van der Waals surface area (Å²) in [5, 5.41) is 5.12. The first-order valence-electron chi connectivity index (χ1n) is 11.1. The lowest BCUT2D eigenvalue weighted by atomic mass is 10.1. The summed E-state index contributed by atoms with van der Waals surface area (Å²) in [4.78, 5) is 21.3. The van der Waals surface area contributed by atoms with Crippen LogP contribution in [0.5, 0.6) is 11.5 Å². The van der Waals surface area contributed by atoms with Crippen LogP contribution >= 0.6 is 12.2 Å². The molecule has 0 saturated carbocycles. The van der Waals surface area contributed by atoms with Crippen LogP contribution in [0.15, 0.2) is 78.9 Å². The van der Waals surface area contributed by atoms with E-state index in [4.69, 9.17) is 26.7 Å². The van der Waals surface area contributed by atoms with E-state index in [-0.39, 0.29) is 10.8 Å². The molecule has 0 saturated heterocycles. The number of ether oxygens (including phenoxy) is 2. The fourth-order valence-corrected chi connectivity index (χ4v) is 4.16. The lowest BCUT2D eigenvalue weighted by Gasteiger charge is -2.14. The monoisotopic (exact) mass is 497 g/mol. The molecule has 0 radical (unpaired) electrons. The maximum Gasteiger partial charge on any atom is 0.288 e. The number of benzene rings is 3. The highest BCUT2D eigenvalue weighted by atomic mass is 32.1. The number of hydrogen-bond donors (Lipinski definition) is 4. The van der Waals surface area contributed by atoms with Gasteiger partial charge in [0, 0.05) is 45.7 Å². The van der Waals surface area contributed by atoms with Crippen LogP contribution in [0.3, 0.4) is 0 Å². The molecule has 0 fully saturated rings. The Morgan fingerprint density at radius 2 is 1.56 bits per heavy atom. The molecular formula is C27H23N5O3S. The van der Waals surface area contributed by atoms with E-state index >= 15 is 0 Å². The van der Waals surface area contributed by atoms with Crippen LogP contribution in [-0.4, -0.2) is 35.2 Å². The SMILES string of the molecule is COc1cc(NC(=S)NNC(=O)c2cc3c([nH]c4ccccc43)c(-c3ccccc3)n2)cc(OC)c1. The number of aromatic amines is 1. The Morgan fingerprint density at radius 1 is 0.861 bits per heavy atom. The summed E-state index contributed by atoms with van der Waals surface area (Å²) in [6.45, 7) is 0. The number of hydrogen-bond acceptors (Lipinski definition) is 5. The van der Waals surface area contributed by atoms with Gasteiger partial charge < -0.3 is 19.8 Å². The Bertz CT molecular complexity index is 1560. The molecule has 0 bridgehead atoms. The fraction of sp³-hybridized carbons (Fsp3) is 0.0741. The number of carbonyl (C=O) groups is 1. The Kier molecular flexibility index (Phi) is 6.38. The van der Waals surface area contributed by atoms with Gasteiger partial charge >= 0.3 is 0 Å². The number of carbonyl (C=O) groups excluding carboxylic acids is 1. The van der Waals surface area contributed by atoms with Crippen molar-refractivity contribution in [2.75, 3.05) is 19.5 Å². The quantitative estimate of drug-likeness (QED) is 0.200. The van der Waals surface area contributed by atoms with Crippen LogP contribution in [0.25, 0.3) is 33.1 Å². The average molecular weight is 498 g/mol. The molecule has 0 aliphatic heterocycles. The number of methoxy groups -OCH3 is 2. The van der Waals surface area contributed by atoms with Crippen molar-refractivity contribution in [1.29, 1.82) is 0 Å². The number of nitrogens with zero attached hydrogens (tertiary/aromatic N) is 1. The molecule has 3 aromatic carbocycles. The molecule has 0 spiro atoms.